The molecule has 0 saturated carbocycles. The predicted molar refractivity (Wildman–Crippen MR) is 202 cm³/mol. The second kappa shape index (κ2) is 12.3. The number of benzene rings is 5. The molecular formula is C41H31N9O. The molecule has 246 valence electrons. The van der Waals surface area contributed by atoms with Gasteiger partial charge in [0.25, 0.3) is 0 Å². The lowest BCUT2D eigenvalue weighted by Gasteiger charge is -2.05. The predicted octanol–water partition coefficient (Wildman–Crippen LogP) is 8.84. The summed E-state index contributed by atoms with van der Waals surface area (Å²) in [6.07, 6.45) is 0. The Hall–Kier alpha value is -6.78. The lowest BCUT2D eigenvalue weighted by atomic mass is 10.1. The van der Waals surface area contributed by atoms with Crippen molar-refractivity contribution < 1.29 is 4.74 Å². The molecule has 0 fully saturated rings. The van der Waals surface area contributed by atoms with E-state index in [1.807, 2.05) is 147 Å². The summed E-state index contributed by atoms with van der Waals surface area (Å²) < 4.78 is 6.21. The van der Waals surface area contributed by atoms with Gasteiger partial charge in [-0.2, -0.15) is 0 Å². The Labute approximate surface area is 292 Å². The first-order chi connectivity index (χ1) is 25.0. The fourth-order valence-corrected chi connectivity index (χ4v) is 6.31. The minimum absolute atomic E-state index is 0.551. The fraction of sp³-hybridized carbons (Fsp3) is 0.0732. The van der Waals surface area contributed by atoms with Gasteiger partial charge >= 0.3 is 0 Å². The Morgan fingerprint density at radius 1 is 0.392 bits per heavy atom. The van der Waals surface area contributed by atoms with E-state index in [2.05, 4.69) is 9.97 Å². The van der Waals surface area contributed by atoms with Crippen molar-refractivity contribution in [3.8, 4) is 57.1 Å². The minimum Gasteiger partial charge on any atom is -0.457 e. The van der Waals surface area contributed by atoms with E-state index in [0.717, 1.165) is 49.5 Å². The van der Waals surface area contributed by atoms with Crippen LogP contribution in [-0.4, -0.2) is 65.9 Å². The molecule has 0 spiro atoms. The Morgan fingerprint density at radius 3 is 1.22 bits per heavy atom. The molecule has 0 aliphatic carbocycles. The summed E-state index contributed by atoms with van der Waals surface area (Å²) in [5.41, 5.74) is 6.15. The van der Waals surface area contributed by atoms with Crippen LogP contribution in [0.2, 0.25) is 0 Å². The van der Waals surface area contributed by atoms with E-state index in [1.165, 1.54) is 0 Å². The molecule has 10 nitrogen and oxygen atoms in total. The highest BCUT2D eigenvalue weighted by molar-refractivity contribution is 6.06. The van der Waals surface area contributed by atoms with Crippen molar-refractivity contribution in [1.82, 2.24) is 44.8 Å². The highest BCUT2D eigenvalue weighted by atomic mass is 16.5. The van der Waals surface area contributed by atoms with Crippen LogP contribution in [-0.2, 0) is 0 Å². The van der Waals surface area contributed by atoms with E-state index in [-0.39, 0.29) is 0 Å². The third-order valence-electron chi connectivity index (χ3n) is 8.50. The zero-order chi connectivity index (χ0) is 34.5. The number of nitrogens with zero attached hydrogens (tertiary/aromatic N) is 7. The maximum atomic E-state index is 6.21. The molecule has 2 N–H and O–H groups in total. The van der Waals surface area contributed by atoms with Gasteiger partial charge < -0.3 is 19.6 Å². The van der Waals surface area contributed by atoms with Crippen LogP contribution in [0.5, 0.6) is 11.5 Å². The third-order valence-corrected chi connectivity index (χ3v) is 8.50. The first kappa shape index (κ1) is 30.3. The molecule has 0 atom stereocenters. The maximum Gasteiger partial charge on any atom is 0.164 e. The Bertz CT molecular complexity index is 2780. The number of fused-ring (bicyclic) bond motifs is 20. The highest BCUT2D eigenvalue weighted by Crippen LogP contribution is 2.37. The summed E-state index contributed by atoms with van der Waals surface area (Å²) in [7, 11) is 6.00. The van der Waals surface area contributed by atoms with Crippen LogP contribution in [0.1, 0.15) is 0 Å². The van der Waals surface area contributed by atoms with E-state index in [1.54, 1.807) is 0 Å². The van der Waals surface area contributed by atoms with Gasteiger partial charge in [-0.15, -0.1) is 0 Å². The first-order valence-corrected chi connectivity index (χ1v) is 16.6. The molecular weight excluding hydrogens is 635 g/mol. The Balaban J connectivity index is 0.000000830. The van der Waals surface area contributed by atoms with Gasteiger partial charge in [0.05, 0.1) is 0 Å². The van der Waals surface area contributed by atoms with Crippen molar-refractivity contribution in [1.29, 1.82) is 0 Å². The monoisotopic (exact) mass is 665 g/mol. The second-order valence-corrected chi connectivity index (χ2v) is 12.7. The summed E-state index contributed by atoms with van der Waals surface area (Å²) in [6.45, 7) is 0. The SMILES string of the molecule is CN(C)C.c1ccc(Oc2ccc3c4nc5nc(nc6[nH]c(nc7nc(nc([nH]4)c3c2)-c2ccccc2-7)c2ccccc62)-c2ccccc2-5)cc1. The number of hydrogen-bond acceptors (Lipinski definition) is 8. The van der Waals surface area contributed by atoms with Crippen LogP contribution in [0.15, 0.2) is 121 Å². The number of hydrogen-bond donors (Lipinski definition) is 2. The van der Waals surface area contributed by atoms with Gasteiger partial charge in [-0.25, -0.2) is 29.9 Å². The van der Waals surface area contributed by atoms with Crippen molar-refractivity contribution in [2.75, 3.05) is 21.1 Å². The van der Waals surface area contributed by atoms with Gasteiger partial charge in [-0.05, 0) is 51.5 Å². The van der Waals surface area contributed by atoms with Gasteiger partial charge in [0.1, 0.15) is 34.1 Å². The molecule has 0 saturated heterocycles. The Morgan fingerprint density at radius 2 is 0.765 bits per heavy atom. The molecule has 5 aromatic carbocycles. The second-order valence-electron chi connectivity index (χ2n) is 12.7. The molecule has 51 heavy (non-hydrogen) atoms. The summed E-state index contributed by atoms with van der Waals surface area (Å²) in [5, 5.41) is 3.59. The standard InChI is InChI=1S/C38H22N8O.C3H9N/c1-2-10-21(11-3-1)47-22-18-19-29-30(20-22)38-45-36-28-17-9-8-16-27(28)34(43-36)41-32-24-13-5-4-12-23(24)31(39-32)40-33-25-14-6-7-15-26(25)35(42-33)44-37(29)46-38;1-4(2)3/h1-20H,(H2,39,40,41,42,43,44,45,46);1-3H3. The topological polar surface area (TPSA) is 121 Å². The third kappa shape index (κ3) is 5.53. The van der Waals surface area contributed by atoms with Gasteiger partial charge in [0.2, 0.25) is 0 Å². The number of ether oxygens (including phenoxy) is 1. The van der Waals surface area contributed by atoms with Crippen molar-refractivity contribution >= 4 is 44.1 Å². The quantitative estimate of drug-likeness (QED) is 0.188. The molecule has 2 aliphatic rings. The number of aromatic nitrogens is 8. The van der Waals surface area contributed by atoms with Gasteiger partial charge in [-0.1, -0.05) is 91.0 Å². The molecule has 10 rings (SSSR count). The van der Waals surface area contributed by atoms with Crippen LogP contribution in [0.4, 0.5) is 0 Å². The average Bonchev–Trinajstić information content (AvgIpc) is 3.87. The largest absolute Gasteiger partial charge is 0.457 e. The summed E-state index contributed by atoms with van der Waals surface area (Å²) in [6, 6.07) is 39.7. The van der Waals surface area contributed by atoms with Crippen molar-refractivity contribution in [2.45, 2.75) is 0 Å². The van der Waals surface area contributed by atoms with Crippen LogP contribution >= 0.6 is 0 Å². The number of aromatic amines is 2. The highest BCUT2D eigenvalue weighted by Gasteiger charge is 2.22. The lowest BCUT2D eigenvalue weighted by molar-refractivity contribution is 0.483. The van der Waals surface area contributed by atoms with E-state index in [9.17, 15) is 0 Å². The van der Waals surface area contributed by atoms with Crippen LogP contribution < -0.4 is 4.74 Å². The number of para-hydroxylation sites is 1. The average molecular weight is 666 g/mol. The minimum atomic E-state index is 0.551. The van der Waals surface area contributed by atoms with E-state index in [0.29, 0.717) is 51.6 Å². The zero-order valence-corrected chi connectivity index (χ0v) is 28.1. The first-order valence-electron chi connectivity index (χ1n) is 16.6. The molecule has 3 aromatic heterocycles. The summed E-state index contributed by atoms with van der Waals surface area (Å²) in [5.74, 6) is 3.68. The van der Waals surface area contributed by atoms with Crippen molar-refractivity contribution in [3.63, 3.8) is 0 Å². The van der Waals surface area contributed by atoms with Gasteiger partial charge in [0.15, 0.2) is 23.3 Å². The van der Waals surface area contributed by atoms with Crippen molar-refractivity contribution in [2.24, 2.45) is 0 Å². The van der Waals surface area contributed by atoms with Gasteiger partial charge in [0, 0.05) is 43.8 Å². The number of nitrogens with one attached hydrogen (secondary N) is 2. The van der Waals surface area contributed by atoms with Crippen molar-refractivity contribution in [3.05, 3.63) is 121 Å². The number of rotatable bonds is 2. The fourth-order valence-electron chi connectivity index (χ4n) is 6.31. The van der Waals surface area contributed by atoms with E-state index in [4.69, 9.17) is 34.6 Å². The zero-order valence-electron chi connectivity index (χ0n) is 28.1. The molecule has 5 heterocycles. The van der Waals surface area contributed by atoms with Crippen LogP contribution in [0.3, 0.4) is 0 Å². The lowest BCUT2D eigenvalue weighted by Crippen LogP contribution is -1.99. The molecule has 0 amide bonds. The Kier molecular flexibility index (Phi) is 7.29. The smallest absolute Gasteiger partial charge is 0.164 e. The van der Waals surface area contributed by atoms with Crippen LogP contribution in [0, 0.1) is 0 Å². The molecule has 8 bridgehead atoms. The summed E-state index contributed by atoms with van der Waals surface area (Å²) in [4.78, 5) is 39.2. The van der Waals surface area contributed by atoms with E-state index < -0.39 is 0 Å². The number of H-pyrrole nitrogens is 2. The molecule has 10 heteroatoms. The maximum absolute atomic E-state index is 6.21. The normalized spacial score (nSPS) is 11.6. The van der Waals surface area contributed by atoms with E-state index >= 15 is 0 Å². The van der Waals surface area contributed by atoms with Crippen LogP contribution in [0.25, 0.3) is 89.7 Å². The van der Waals surface area contributed by atoms with Gasteiger partial charge in [-0.3, -0.25) is 0 Å². The summed E-state index contributed by atoms with van der Waals surface area (Å²) >= 11 is 0. The molecule has 0 radical (unpaired) electrons. The molecule has 2 aliphatic heterocycles. The molecule has 8 aromatic rings. The molecule has 0 unspecified atom stereocenters.